The predicted molar refractivity (Wildman–Crippen MR) is 73.4 cm³/mol. The number of methoxy groups -OCH3 is 1. The Kier molecular flexibility index (Phi) is 5.18. The van der Waals surface area contributed by atoms with E-state index in [1.165, 1.54) is 7.11 Å². The van der Waals surface area contributed by atoms with Crippen molar-refractivity contribution >= 4 is 11.7 Å². The van der Waals surface area contributed by atoms with Gasteiger partial charge in [-0.05, 0) is 32.9 Å². The molecule has 0 unspecified atom stereocenters. The number of nitrogen functional groups attached to an aromatic ring is 1. The maximum Gasteiger partial charge on any atom is 0.342 e. The molecule has 0 atom stereocenters. The zero-order valence-corrected chi connectivity index (χ0v) is 11.9. The third-order valence-corrected chi connectivity index (χ3v) is 2.32. The number of ether oxygens (including phenoxy) is 3. The summed E-state index contributed by atoms with van der Waals surface area (Å²) in [5.41, 5.74) is 6.20. The lowest BCUT2D eigenvalue weighted by Gasteiger charge is -2.19. The van der Waals surface area contributed by atoms with Gasteiger partial charge in [-0.1, -0.05) is 6.07 Å². The van der Waals surface area contributed by atoms with E-state index in [1.54, 1.807) is 18.2 Å². The molecule has 0 bridgehead atoms. The Morgan fingerprint density at radius 1 is 1.26 bits per heavy atom. The fourth-order valence-electron chi connectivity index (χ4n) is 1.50. The van der Waals surface area contributed by atoms with Crippen LogP contribution in [0.3, 0.4) is 0 Å². The molecule has 0 aliphatic heterocycles. The lowest BCUT2D eigenvalue weighted by atomic mass is 10.2. The van der Waals surface area contributed by atoms with Crippen LogP contribution < -0.4 is 10.5 Å². The van der Waals surface area contributed by atoms with E-state index in [4.69, 9.17) is 19.9 Å². The number of carbonyl (C=O) groups is 1. The molecule has 5 heteroatoms. The normalized spacial score (nSPS) is 11.2. The minimum Gasteiger partial charge on any atom is -0.494 e. The van der Waals surface area contributed by atoms with Crippen LogP contribution >= 0.6 is 0 Å². The second kappa shape index (κ2) is 6.43. The summed E-state index contributed by atoms with van der Waals surface area (Å²) in [4.78, 5) is 11.9. The standard InChI is InChI=1S/C14H21NO4/c1-14(2,3)19-9-8-18-13(16)10-6-5-7-11(15)12(10)17-4/h5-7H,8-9,15H2,1-4H3. The summed E-state index contributed by atoms with van der Waals surface area (Å²) in [6.07, 6.45) is 0. The number of hydrogen-bond donors (Lipinski definition) is 1. The van der Waals surface area contributed by atoms with E-state index >= 15 is 0 Å². The van der Waals surface area contributed by atoms with Crippen LogP contribution in [0.4, 0.5) is 5.69 Å². The van der Waals surface area contributed by atoms with Crippen molar-refractivity contribution in [2.24, 2.45) is 0 Å². The van der Waals surface area contributed by atoms with Gasteiger partial charge in [-0.25, -0.2) is 4.79 Å². The predicted octanol–water partition coefficient (Wildman–Crippen LogP) is 2.25. The largest absolute Gasteiger partial charge is 0.494 e. The molecule has 0 radical (unpaired) electrons. The number of nitrogens with two attached hydrogens (primary N) is 1. The second-order valence-corrected chi connectivity index (χ2v) is 5.02. The van der Waals surface area contributed by atoms with Crippen molar-refractivity contribution in [2.45, 2.75) is 26.4 Å². The highest BCUT2D eigenvalue weighted by Crippen LogP contribution is 2.26. The molecule has 19 heavy (non-hydrogen) atoms. The molecule has 0 aliphatic carbocycles. The van der Waals surface area contributed by atoms with Crippen LogP contribution in [0.1, 0.15) is 31.1 Å². The van der Waals surface area contributed by atoms with E-state index in [2.05, 4.69) is 0 Å². The van der Waals surface area contributed by atoms with Gasteiger partial charge in [-0.15, -0.1) is 0 Å². The summed E-state index contributed by atoms with van der Waals surface area (Å²) in [7, 11) is 1.46. The summed E-state index contributed by atoms with van der Waals surface area (Å²) in [5.74, 6) is -0.133. The molecule has 0 aliphatic rings. The number of esters is 1. The van der Waals surface area contributed by atoms with Crippen molar-refractivity contribution in [1.29, 1.82) is 0 Å². The summed E-state index contributed by atoms with van der Waals surface area (Å²) >= 11 is 0. The number of rotatable bonds is 5. The molecule has 0 saturated heterocycles. The van der Waals surface area contributed by atoms with Gasteiger partial charge in [0.2, 0.25) is 0 Å². The fraction of sp³-hybridized carbons (Fsp3) is 0.500. The SMILES string of the molecule is COc1c(N)cccc1C(=O)OCCOC(C)(C)C. The first-order valence-electron chi connectivity index (χ1n) is 6.08. The molecular weight excluding hydrogens is 246 g/mol. The monoisotopic (exact) mass is 267 g/mol. The Morgan fingerprint density at radius 2 is 1.95 bits per heavy atom. The van der Waals surface area contributed by atoms with Crippen molar-refractivity contribution in [3.63, 3.8) is 0 Å². The van der Waals surface area contributed by atoms with Gasteiger partial charge in [0.1, 0.15) is 12.2 Å². The molecule has 0 amide bonds. The van der Waals surface area contributed by atoms with E-state index in [0.29, 0.717) is 23.6 Å². The highest BCUT2D eigenvalue weighted by molar-refractivity contribution is 5.94. The lowest BCUT2D eigenvalue weighted by Crippen LogP contribution is -2.22. The van der Waals surface area contributed by atoms with Gasteiger partial charge < -0.3 is 19.9 Å². The van der Waals surface area contributed by atoms with Gasteiger partial charge in [0.15, 0.2) is 5.75 Å². The highest BCUT2D eigenvalue weighted by atomic mass is 16.6. The minimum atomic E-state index is -0.471. The third-order valence-electron chi connectivity index (χ3n) is 2.32. The van der Waals surface area contributed by atoms with Crippen LogP contribution in [0.2, 0.25) is 0 Å². The average Bonchev–Trinajstić information content (AvgIpc) is 2.33. The quantitative estimate of drug-likeness (QED) is 0.503. The van der Waals surface area contributed by atoms with Crippen LogP contribution in [0.5, 0.6) is 5.75 Å². The minimum absolute atomic E-state index is 0.189. The van der Waals surface area contributed by atoms with Gasteiger partial charge in [-0.3, -0.25) is 0 Å². The summed E-state index contributed by atoms with van der Waals surface area (Å²) in [5, 5.41) is 0. The van der Waals surface area contributed by atoms with Gasteiger partial charge in [0, 0.05) is 0 Å². The smallest absolute Gasteiger partial charge is 0.342 e. The van der Waals surface area contributed by atoms with Crippen molar-refractivity contribution in [3.8, 4) is 5.75 Å². The van der Waals surface area contributed by atoms with Crippen molar-refractivity contribution in [3.05, 3.63) is 23.8 Å². The summed E-state index contributed by atoms with van der Waals surface area (Å²) in [6.45, 7) is 6.36. The Labute approximate surface area is 113 Å². The summed E-state index contributed by atoms with van der Waals surface area (Å²) < 4.78 is 15.7. The third kappa shape index (κ3) is 4.79. The van der Waals surface area contributed by atoms with Crippen molar-refractivity contribution in [2.75, 3.05) is 26.1 Å². The van der Waals surface area contributed by atoms with Crippen molar-refractivity contribution in [1.82, 2.24) is 0 Å². The molecule has 0 spiro atoms. The molecule has 2 N–H and O–H groups in total. The van der Waals surface area contributed by atoms with Crippen LogP contribution in [0.25, 0.3) is 0 Å². The molecule has 0 saturated carbocycles. The molecule has 1 aromatic rings. The summed E-state index contributed by atoms with van der Waals surface area (Å²) in [6, 6.07) is 4.96. The molecule has 1 rings (SSSR count). The lowest BCUT2D eigenvalue weighted by molar-refractivity contribution is -0.0282. The highest BCUT2D eigenvalue weighted by Gasteiger charge is 2.16. The van der Waals surface area contributed by atoms with Crippen LogP contribution in [-0.4, -0.2) is 31.9 Å². The molecule has 0 heterocycles. The molecule has 0 aromatic heterocycles. The fourth-order valence-corrected chi connectivity index (χ4v) is 1.50. The van der Waals surface area contributed by atoms with Crippen molar-refractivity contribution < 1.29 is 19.0 Å². The van der Waals surface area contributed by atoms with E-state index in [-0.39, 0.29) is 12.2 Å². The zero-order valence-electron chi connectivity index (χ0n) is 11.9. The molecule has 0 fully saturated rings. The Hall–Kier alpha value is -1.75. The Morgan fingerprint density at radius 3 is 2.53 bits per heavy atom. The first-order valence-corrected chi connectivity index (χ1v) is 6.08. The molecule has 106 valence electrons. The van der Waals surface area contributed by atoms with E-state index < -0.39 is 5.97 Å². The Bertz CT molecular complexity index is 438. The molecule has 5 nitrogen and oxygen atoms in total. The van der Waals surface area contributed by atoms with Crippen LogP contribution in [0, 0.1) is 0 Å². The number of hydrogen-bond acceptors (Lipinski definition) is 5. The van der Waals surface area contributed by atoms with Crippen LogP contribution in [-0.2, 0) is 9.47 Å². The molecule has 1 aromatic carbocycles. The zero-order chi connectivity index (χ0) is 14.5. The number of benzene rings is 1. The maximum atomic E-state index is 11.9. The Balaban J connectivity index is 2.57. The average molecular weight is 267 g/mol. The maximum absolute atomic E-state index is 11.9. The van der Waals surface area contributed by atoms with Gasteiger partial charge >= 0.3 is 5.97 Å². The second-order valence-electron chi connectivity index (χ2n) is 5.02. The van der Waals surface area contributed by atoms with Gasteiger partial charge in [0.25, 0.3) is 0 Å². The van der Waals surface area contributed by atoms with E-state index in [0.717, 1.165) is 0 Å². The van der Waals surface area contributed by atoms with Crippen LogP contribution in [0.15, 0.2) is 18.2 Å². The number of para-hydroxylation sites is 1. The van der Waals surface area contributed by atoms with Gasteiger partial charge in [-0.2, -0.15) is 0 Å². The topological polar surface area (TPSA) is 70.8 Å². The molecular formula is C14H21NO4. The van der Waals surface area contributed by atoms with Gasteiger partial charge in [0.05, 0.1) is 25.0 Å². The number of carbonyl (C=O) groups excluding carboxylic acids is 1. The van der Waals surface area contributed by atoms with E-state index in [1.807, 2.05) is 20.8 Å². The first kappa shape index (κ1) is 15.3. The number of anilines is 1. The first-order chi connectivity index (χ1) is 8.85. The van der Waals surface area contributed by atoms with E-state index in [9.17, 15) is 4.79 Å².